The Labute approximate surface area is 256 Å². The Kier molecular flexibility index (Phi) is 15.2. The molecule has 3 atom stereocenters. The van der Waals surface area contributed by atoms with E-state index in [2.05, 4.69) is 28.3 Å². The summed E-state index contributed by atoms with van der Waals surface area (Å²) in [4.78, 5) is 44.9. The molecule has 1 heterocycles. The third-order valence-corrected chi connectivity index (χ3v) is 7.27. The molecule has 3 unspecified atom stereocenters. The molecule has 2 fully saturated rings. The lowest BCUT2D eigenvalue weighted by molar-refractivity contribution is -0.143. The highest BCUT2D eigenvalue weighted by Gasteiger charge is 2.53. The molecule has 1 aliphatic heterocycles. The zero-order valence-electron chi connectivity index (χ0n) is 26.1. The molecule has 10 heteroatoms. The van der Waals surface area contributed by atoms with E-state index in [1.54, 1.807) is 19.4 Å². The van der Waals surface area contributed by atoms with Crippen LogP contribution in [0.25, 0.3) is 6.08 Å². The SMILES string of the molecule is CC.CC.CSC=N/C(C)=C/c1ccc(C(C)NC(=O)C2CCCN2C(=O)C(NC(=O)C2(F)CC2)C(C)(C)S)cc1. The van der Waals surface area contributed by atoms with Gasteiger partial charge in [0.25, 0.3) is 5.91 Å². The van der Waals surface area contributed by atoms with Crippen molar-refractivity contribution in [2.75, 3.05) is 12.8 Å². The van der Waals surface area contributed by atoms with Crippen molar-refractivity contribution in [3.05, 3.63) is 41.1 Å². The lowest BCUT2D eigenvalue weighted by Crippen LogP contribution is -2.60. The Hall–Kier alpha value is -2.33. The minimum atomic E-state index is -1.90. The van der Waals surface area contributed by atoms with E-state index in [-0.39, 0.29) is 24.8 Å². The van der Waals surface area contributed by atoms with Crippen LogP contribution >= 0.6 is 24.4 Å². The van der Waals surface area contributed by atoms with Gasteiger partial charge in [-0.05, 0) is 76.8 Å². The highest BCUT2D eigenvalue weighted by Crippen LogP contribution is 2.40. The summed E-state index contributed by atoms with van der Waals surface area (Å²) in [7, 11) is 0. The molecule has 3 rings (SSSR count). The molecule has 2 N–H and O–H groups in total. The van der Waals surface area contributed by atoms with Crippen molar-refractivity contribution in [1.29, 1.82) is 0 Å². The fourth-order valence-electron chi connectivity index (χ4n) is 4.29. The Balaban J connectivity index is 0.00000201. The van der Waals surface area contributed by atoms with E-state index in [0.29, 0.717) is 19.4 Å². The Morgan fingerprint density at radius 3 is 2.24 bits per heavy atom. The van der Waals surface area contributed by atoms with Crippen molar-refractivity contribution in [1.82, 2.24) is 15.5 Å². The molecular weight excluding hydrogens is 559 g/mol. The number of carbonyl (C=O) groups excluding carboxylic acids is 3. The maximum absolute atomic E-state index is 14.3. The second-order valence-corrected chi connectivity index (χ2v) is 12.2. The predicted octanol–water partition coefficient (Wildman–Crippen LogP) is 6.35. The number of aliphatic imine (C=N–C) groups is 1. The number of amides is 3. The van der Waals surface area contributed by atoms with Crippen LogP contribution in [0.15, 0.2) is 35.0 Å². The van der Waals surface area contributed by atoms with Gasteiger partial charge in [0.05, 0.1) is 11.6 Å². The molecule has 0 radical (unpaired) electrons. The third kappa shape index (κ3) is 10.8. The average Bonchev–Trinajstić information content (AvgIpc) is 3.51. The first-order valence-corrected chi connectivity index (χ1v) is 16.3. The molecule has 1 aromatic rings. The van der Waals surface area contributed by atoms with Gasteiger partial charge in [-0.2, -0.15) is 12.6 Å². The van der Waals surface area contributed by atoms with Crippen LogP contribution in [0.5, 0.6) is 0 Å². The van der Waals surface area contributed by atoms with Crippen LogP contribution in [-0.2, 0) is 14.4 Å². The number of carbonyl (C=O) groups is 3. The summed E-state index contributed by atoms with van der Waals surface area (Å²) in [6.45, 7) is 15.6. The Morgan fingerprint density at radius 1 is 1.15 bits per heavy atom. The highest BCUT2D eigenvalue weighted by molar-refractivity contribution is 8.11. The molecule has 1 aromatic carbocycles. The Morgan fingerprint density at radius 2 is 1.73 bits per heavy atom. The van der Waals surface area contributed by atoms with E-state index in [1.807, 2.05) is 78.1 Å². The van der Waals surface area contributed by atoms with Gasteiger partial charge in [0.15, 0.2) is 5.67 Å². The molecule has 230 valence electrons. The normalized spacial score (nSPS) is 19.2. The molecule has 3 amide bonds. The van der Waals surface area contributed by atoms with E-state index in [0.717, 1.165) is 16.8 Å². The molecule has 0 aromatic heterocycles. The predicted molar refractivity (Wildman–Crippen MR) is 174 cm³/mol. The first kappa shape index (κ1) is 36.7. The van der Waals surface area contributed by atoms with Gasteiger partial charge in [-0.25, -0.2) is 4.39 Å². The number of halogens is 1. The smallest absolute Gasteiger partial charge is 0.258 e. The number of nitrogens with zero attached hydrogens (tertiary/aromatic N) is 2. The number of thioether (sulfide) groups is 1. The van der Waals surface area contributed by atoms with Crippen LogP contribution in [0.1, 0.15) is 98.2 Å². The molecule has 41 heavy (non-hydrogen) atoms. The monoisotopic (exact) mass is 608 g/mol. The van der Waals surface area contributed by atoms with Gasteiger partial charge in [0.2, 0.25) is 11.8 Å². The quantitative estimate of drug-likeness (QED) is 0.164. The summed E-state index contributed by atoms with van der Waals surface area (Å²) >= 11 is 6.04. The summed E-state index contributed by atoms with van der Waals surface area (Å²) in [5.74, 6) is -1.46. The number of alkyl halides is 1. The minimum absolute atomic E-state index is 0.155. The second kappa shape index (κ2) is 16.9. The van der Waals surface area contributed by atoms with Gasteiger partial charge in [0, 0.05) is 17.0 Å². The lowest BCUT2D eigenvalue weighted by atomic mass is 10.00. The molecule has 2 aliphatic rings. The standard InChI is InChI=1S/C27H37FN4O3S2.2C2H6/c1-17(29-16-37-5)15-19-8-10-20(11-9-19)18(2)30-23(33)21-7-6-14-32(21)24(34)22(26(3,4)36)31-25(35)27(28)12-13-27;2*1-2/h8-11,15-16,18,21-22,36H,6-7,12-14H2,1-5H3,(H,30,33)(H,31,35);2*1-2H3/b17-15+,29-16?;;. The number of thiol groups is 1. The summed E-state index contributed by atoms with van der Waals surface area (Å²) < 4.78 is 13.4. The summed E-state index contributed by atoms with van der Waals surface area (Å²) in [5, 5.41) is 5.59. The number of rotatable bonds is 10. The van der Waals surface area contributed by atoms with Gasteiger partial charge in [-0.1, -0.05) is 52.0 Å². The van der Waals surface area contributed by atoms with Gasteiger partial charge in [-0.3, -0.25) is 19.4 Å². The summed E-state index contributed by atoms with van der Waals surface area (Å²) in [6.07, 6.45) is 5.43. The zero-order chi connectivity index (χ0) is 31.4. The van der Waals surface area contributed by atoms with Gasteiger partial charge in [-0.15, -0.1) is 11.8 Å². The van der Waals surface area contributed by atoms with Gasteiger partial charge >= 0.3 is 0 Å². The van der Waals surface area contributed by atoms with E-state index >= 15 is 0 Å². The topological polar surface area (TPSA) is 90.9 Å². The fourth-order valence-corrected chi connectivity index (χ4v) is 4.74. The first-order chi connectivity index (χ1) is 19.4. The molecular formula is C31H49FN4O3S2. The van der Waals surface area contributed by atoms with E-state index in [1.165, 1.54) is 16.7 Å². The van der Waals surface area contributed by atoms with Crippen LogP contribution in [0.3, 0.4) is 0 Å². The second-order valence-electron chi connectivity index (χ2n) is 10.4. The van der Waals surface area contributed by atoms with Crippen LogP contribution in [0, 0.1) is 0 Å². The van der Waals surface area contributed by atoms with Gasteiger partial charge < -0.3 is 15.5 Å². The number of hydrogen-bond donors (Lipinski definition) is 3. The maximum atomic E-state index is 14.3. The van der Waals surface area contributed by atoms with Crippen molar-refractivity contribution in [3.8, 4) is 0 Å². The van der Waals surface area contributed by atoms with E-state index in [4.69, 9.17) is 0 Å². The van der Waals surface area contributed by atoms with Crippen molar-refractivity contribution in [2.45, 2.75) is 110 Å². The molecule has 0 bridgehead atoms. The van der Waals surface area contributed by atoms with E-state index in [9.17, 15) is 18.8 Å². The fraction of sp³-hybridized carbons (Fsp3) is 0.613. The van der Waals surface area contributed by atoms with Crippen molar-refractivity contribution in [2.24, 2.45) is 4.99 Å². The van der Waals surface area contributed by atoms with Crippen molar-refractivity contribution >= 4 is 53.7 Å². The zero-order valence-corrected chi connectivity index (χ0v) is 27.8. The first-order valence-electron chi connectivity index (χ1n) is 14.5. The number of hydrogen-bond acceptors (Lipinski definition) is 6. The number of allylic oxidation sites excluding steroid dienone is 1. The van der Waals surface area contributed by atoms with Crippen molar-refractivity contribution < 1.29 is 18.8 Å². The van der Waals surface area contributed by atoms with Crippen LogP contribution in [0.2, 0.25) is 0 Å². The largest absolute Gasteiger partial charge is 0.348 e. The number of likely N-dealkylation sites (tertiary alicyclic amines) is 1. The summed E-state index contributed by atoms with van der Waals surface area (Å²) in [5.41, 5.74) is 2.72. The third-order valence-electron chi connectivity index (χ3n) is 6.70. The molecule has 0 spiro atoms. The van der Waals surface area contributed by atoms with Crippen LogP contribution in [-0.4, -0.2) is 63.5 Å². The van der Waals surface area contributed by atoms with E-state index < -0.39 is 34.3 Å². The molecule has 1 saturated heterocycles. The van der Waals surface area contributed by atoms with Crippen LogP contribution in [0.4, 0.5) is 4.39 Å². The minimum Gasteiger partial charge on any atom is -0.348 e. The number of nitrogens with one attached hydrogen (secondary N) is 2. The lowest BCUT2D eigenvalue weighted by Gasteiger charge is -2.35. The molecule has 1 aliphatic carbocycles. The molecule has 1 saturated carbocycles. The van der Waals surface area contributed by atoms with Crippen molar-refractivity contribution in [3.63, 3.8) is 0 Å². The van der Waals surface area contributed by atoms with Gasteiger partial charge in [0.1, 0.15) is 12.1 Å². The Bertz CT molecular complexity index is 1070. The maximum Gasteiger partial charge on any atom is 0.258 e. The number of benzene rings is 1. The average molecular weight is 609 g/mol. The van der Waals surface area contributed by atoms with Crippen LogP contribution < -0.4 is 10.6 Å². The molecule has 7 nitrogen and oxygen atoms in total. The highest BCUT2D eigenvalue weighted by atomic mass is 32.2. The summed E-state index contributed by atoms with van der Waals surface area (Å²) in [6, 6.07) is 5.88.